The molecule has 0 bridgehead atoms. The molecule has 6 rings (SSSR count). The Morgan fingerprint density at radius 3 is 0.767 bits per heavy atom. The Balaban J connectivity index is 0.000000492. The van der Waals surface area contributed by atoms with Crippen molar-refractivity contribution in [3.05, 3.63) is 109 Å². The number of carbonyl (C=O) groups is 3. The average Bonchev–Trinajstić information content (AvgIpc) is 3.86. The fourth-order valence-corrected chi connectivity index (χ4v) is 3.32. The van der Waals surface area contributed by atoms with Crippen LogP contribution in [0, 0.1) is 18.2 Å². The third kappa shape index (κ3) is 22.7. The van der Waals surface area contributed by atoms with Crippen LogP contribution in [0.15, 0.2) is 91.0 Å². The van der Waals surface area contributed by atoms with Crippen LogP contribution in [-0.2, 0) is 46.0 Å². The monoisotopic (exact) mass is 628 g/mol. The van der Waals surface area contributed by atoms with Crippen molar-refractivity contribution in [2.45, 2.75) is 56.8 Å². The zero-order valence-corrected chi connectivity index (χ0v) is 25.1. The second-order valence-electron chi connectivity index (χ2n) is 8.69. The van der Waals surface area contributed by atoms with Crippen molar-refractivity contribution in [1.29, 1.82) is 0 Å². The van der Waals surface area contributed by atoms with Gasteiger partial charge in [-0.3, -0.25) is 0 Å². The number of ether oxygens (including phenoxy) is 3. The van der Waals surface area contributed by atoms with Crippen molar-refractivity contribution < 1.29 is 61.3 Å². The van der Waals surface area contributed by atoms with Crippen LogP contribution < -0.4 is 15.3 Å². The zero-order chi connectivity index (χ0) is 30.7. The number of hydrogen-bond acceptors (Lipinski definition) is 9. The summed E-state index contributed by atoms with van der Waals surface area (Å²) in [5.74, 6) is -3.24. The maximum absolute atomic E-state index is 9.97. The van der Waals surface area contributed by atoms with Crippen LogP contribution >= 0.6 is 0 Å². The Morgan fingerprint density at radius 1 is 0.465 bits per heavy atom. The van der Waals surface area contributed by atoms with Crippen LogP contribution in [0.3, 0.4) is 0 Å². The minimum Gasteiger partial charge on any atom is -0.547 e. The first-order valence-electron chi connectivity index (χ1n) is 13.6. The van der Waals surface area contributed by atoms with Crippen molar-refractivity contribution >= 4 is 17.9 Å². The molecule has 228 valence electrons. The van der Waals surface area contributed by atoms with Crippen LogP contribution in [0.1, 0.15) is 38.5 Å². The van der Waals surface area contributed by atoms with Gasteiger partial charge in [0.15, 0.2) is 0 Å². The van der Waals surface area contributed by atoms with Gasteiger partial charge in [0.05, 0.1) is 36.2 Å². The second kappa shape index (κ2) is 27.3. The topological polar surface area (TPSA) is 148 Å². The van der Waals surface area contributed by atoms with E-state index < -0.39 is 36.2 Å². The van der Waals surface area contributed by atoms with Gasteiger partial charge in [0.25, 0.3) is 0 Å². The number of benzene rings is 3. The van der Waals surface area contributed by atoms with E-state index in [1.54, 1.807) is 0 Å². The zero-order valence-electron chi connectivity index (χ0n) is 23.8. The molecule has 3 unspecified atom stereocenters. The summed E-state index contributed by atoms with van der Waals surface area (Å²) in [6.45, 7) is 1.70. The Labute approximate surface area is 264 Å². The van der Waals surface area contributed by atoms with Crippen LogP contribution in [0.25, 0.3) is 0 Å². The first-order chi connectivity index (χ1) is 20.4. The van der Waals surface area contributed by atoms with Gasteiger partial charge in [0.2, 0.25) is 0 Å². The fraction of sp³-hybridized carbons (Fsp3) is 0.364. The summed E-state index contributed by atoms with van der Waals surface area (Å²) in [5.41, 5.74) is 0. The molecule has 0 spiro atoms. The maximum atomic E-state index is 9.97. The van der Waals surface area contributed by atoms with E-state index in [9.17, 15) is 29.7 Å². The van der Waals surface area contributed by atoms with Gasteiger partial charge in [-0.25, -0.2) is 0 Å². The predicted molar refractivity (Wildman–Crippen MR) is 148 cm³/mol. The molecule has 0 amide bonds. The minimum absolute atomic E-state index is 0. The van der Waals surface area contributed by atoms with Crippen LogP contribution in [0.5, 0.6) is 0 Å². The third-order valence-electron chi connectivity index (χ3n) is 5.40. The number of carboxylic acids is 3. The van der Waals surface area contributed by atoms with E-state index >= 15 is 0 Å². The standard InChI is InChI=1S/3C6H5.3C5H8O3.Cr/c3*1-2-4-6-5-3-1;3*6-5(7)4-2-1-3-8-4;/h3*1-5H;3*4H,1-3H2,(H,6,7);/q3*-1;;;;+6/p-3. The molecular formula is C33H36CrO9. The van der Waals surface area contributed by atoms with E-state index in [2.05, 4.69) is 18.2 Å². The van der Waals surface area contributed by atoms with Gasteiger partial charge in [-0.1, -0.05) is 0 Å². The molecule has 0 aromatic heterocycles. The first kappa shape index (κ1) is 39.5. The smallest absolute Gasteiger partial charge is 0.547 e. The number of hydrogen-bond donors (Lipinski definition) is 0. The van der Waals surface area contributed by atoms with E-state index in [0.29, 0.717) is 39.1 Å². The summed E-state index contributed by atoms with van der Waals surface area (Å²) < 4.78 is 14.3. The molecule has 3 aliphatic rings. The van der Waals surface area contributed by atoms with Crippen molar-refractivity contribution in [3.63, 3.8) is 0 Å². The van der Waals surface area contributed by atoms with Gasteiger partial charge in [-0.15, -0.1) is 0 Å². The van der Waals surface area contributed by atoms with Crippen molar-refractivity contribution in [2.24, 2.45) is 0 Å². The molecule has 0 saturated carbocycles. The Kier molecular flexibility index (Phi) is 25.1. The number of aliphatic carboxylic acids is 3. The van der Waals surface area contributed by atoms with E-state index in [4.69, 9.17) is 14.2 Å². The average molecular weight is 629 g/mol. The normalized spacial score (nSPS) is 19.1. The molecule has 0 radical (unpaired) electrons. The number of carbonyl (C=O) groups excluding carboxylic acids is 3. The summed E-state index contributed by atoms with van der Waals surface area (Å²) in [6.07, 6.45) is 2.49. The van der Waals surface area contributed by atoms with Gasteiger partial charge >= 0.3 is 17.4 Å². The van der Waals surface area contributed by atoms with Gasteiger partial charge in [-0.05, 0) is 38.5 Å². The summed E-state index contributed by atoms with van der Waals surface area (Å²) in [6, 6.07) is 37.5. The molecule has 9 nitrogen and oxygen atoms in total. The largest absolute Gasteiger partial charge is 6.00 e. The van der Waals surface area contributed by atoms with E-state index in [0.717, 1.165) is 19.3 Å². The van der Waals surface area contributed by atoms with Crippen molar-refractivity contribution in [3.8, 4) is 0 Å². The van der Waals surface area contributed by atoms with Gasteiger partial charge in [-0.2, -0.15) is 109 Å². The van der Waals surface area contributed by atoms with E-state index in [1.165, 1.54) is 0 Å². The molecule has 3 saturated heterocycles. The van der Waals surface area contributed by atoms with Crippen LogP contribution in [-0.4, -0.2) is 56.0 Å². The number of rotatable bonds is 3. The molecule has 3 aromatic rings. The van der Waals surface area contributed by atoms with Gasteiger partial charge in [0, 0.05) is 19.8 Å². The van der Waals surface area contributed by atoms with Gasteiger partial charge < -0.3 is 43.9 Å². The number of carboxylic acid groups (broad SMARTS) is 3. The van der Waals surface area contributed by atoms with Crippen molar-refractivity contribution in [1.82, 2.24) is 0 Å². The molecule has 43 heavy (non-hydrogen) atoms. The van der Waals surface area contributed by atoms with Crippen LogP contribution in [0.4, 0.5) is 0 Å². The van der Waals surface area contributed by atoms with Gasteiger partial charge in [0.1, 0.15) is 0 Å². The second-order valence-corrected chi connectivity index (χ2v) is 8.69. The molecule has 3 aliphatic heterocycles. The molecule has 3 atom stereocenters. The first-order valence-corrected chi connectivity index (χ1v) is 13.6. The molecule has 3 fully saturated rings. The summed E-state index contributed by atoms with van der Waals surface area (Å²) in [4.78, 5) is 29.9. The molecular weight excluding hydrogens is 592 g/mol. The predicted octanol–water partition coefficient (Wildman–Crippen LogP) is 1.20. The van der Waals surface area contributed by atoms with E-state index in [1.807, 2.05) is 91.0 Å². The molecule has 3 heterocycles. The SMILES string of the molecule is O=C([O-])C1CCCO1.O=C([O-])C1CCCO1.O=C([O-])C1CCCO1.[Cr+6].[c-]1ccccc1.[c-]1ccccc1.[c-]1ccccc1. The molecule has 10 heteroatoms. The summed E-state index contributed by atoms with van der Waals surface area (Å²) >= 11 is 0. The van der Waals surface area contributed by atoms with Crippen LogP contribution in [0.2, 0.25) is 0 Å². The quantitative estimate of drug-likeness (QED) is 0.390. The Hall–Kier alpha value is -3.52. The maximum Gasteiger partial charge on any atom is 6.00 e. The summed E-state index contributed by atoms with van der Waals surface area (Å²) in [5, 5.41) is 29.9. The summed E-state index contributed by atoms with van der Waals surface area (Å²) in [7, 11) is 0. The third-order valence-corrected chi connectivity index (χ3v) is 5.40. The Morgan fingerprint density at radius 2 is 0.698 bits per heavy atom. The molecule has 0 aliphatic carbocycles. The molecule has 0 N–H and O–H groups in total. The van der Waals surface area contributed by atoms with E-state index in [-0.39, 0.29) is 17.4 Å². The Bertz CT molecular complexity index is 821. The fourth-order valence-electron chi connectivity index (χ4n) is 3.32. The minimum atomic E-state index is -1.08. The molecule has 3 aromatic carbocycles. The van der Waals surface area contributed by atoms with Crippen molar-refractivity contribution in [2.75, 3.05) is 19.8 Å².